The number of para-hydroxylation sites is 5. The molecule has 1 heterocycles. The Labute approximate surface area is 256 Å². The molecular formula is C40H28N4. The van der Waals surface area contributed by atoms with Crippen molar-refractivity contribution in [2.24, 2.45) is 0 Å². The lowest BCUT2D eigenvalue weighted by Gasteiger charge is -2.30. The van der Waals surface area contributed by atoms with Gasteiger partial charge in [0.25, 0.3) is 0 Å². The van der Waals surface area contributed by atoms with Crippen molar-refractivity contribution in [2.75, 3.05) is 9.80 Å². The predicted molar refractivity (Wildman–Crippen MR) is 184 cm³/mol. The Morgan fingerprint density at radius 1 is 0.318 bits per heavy atom. The van der Waals surface area contributed by atoms with E-state index < -0.39 is 0 Å². The molecule has 0 atom stereocenters. The fraction of sp³-hybridized carbons (Fsp3) is 0. The summed E-state index contributed by atoms with van der Waals surface area (Å²) in [6.07, 6.45) is 0. The first-order valence-electron chi connectivity index (χ1n) is 14.8. The highest BCUT2D eigenvalue weighted by Gasteiger charge is 2.23. The van der Waals surface area contributed by atoms with Crippen molar-refractivity contribution in [1.29, 1.82) is 0 Å². The molecule has 8 rings (SSSR count). The number of benzene rings is 7. The van der Waals surface area contributed by atoms with Crippen LogP contribution in [0.25, 0.3) is 32.8 Å². The number of rotatable bonds is 6. The Balaban J connectivity index is 1.43. The van der Waals surface area contributed by atoms with Crippen LogP contribution in [0.5, 0.6) is 0 Å². The molecule has 44 heavy (non-hydrogen) atoms. The van der Waals surface area contributed by atoms with Gasteiger partial charge >= 0.3 is 0 Å². The van der Waals surface area contributed by atoms with Crippen LogP contribution in [0.1, 0.15) is 0 Å². The number of hydrogen-bond acceptors (Lipinski definition) is 4. The Hall–Kier alpha value is -6.00. The highest BCUT2D eigenvalue weighted by Crippen LogP contribution is 2.44. The number of anilines is 6. The SMILES string of the molecule is c1ccc(N(c2ccccc2)c2ccc(N(c3ccccc3)c3ccc4ccccc4c3)c3nc4ccccc4nc23)cc1. The van der Waals surface area contributed by atoms with E-state index in [1.54, 1.807) is 0 Å². The van der Waals surface area contributed by atoms with Crippen molar-refractivity contribution < 1.29 is 0 Å². The molecule has 0 bridgehead atoms. The third kappa shape index (κ3) is 4.59. The largest absolute Gasteiger partial charge is 0.308 e. The van der Waals surface area contributed by atoms with Crippen molar-refractivity contribution in [3.05, 3.63) is 170 Å². The summed E-state index contributed by atoms with van der Waals surface area (Å²) < 4.78 is 0. The minimum absolute atomic E-state index is 0.829. The maximum Gasteiger partial charge on any atom is 0.116 e. The molecule has 0 amide bonds. The van der Waals surface area contributed by atoms with Crippen LogP contribution >= 0.6 is 0 Å². The topological polar surface area (TPSA) is 32.3 Å². The highest BCUT2D eigenvalue weighted by molar-refractivity contribution is 6.06. The van der Waals surface area contributed by atoms with Crippen LogP contribution in [0.2, 0.25) is 0 Å². The minimum Gasteiger partial charge on any atom is -0.308 e. The Bertz CT molecular complexity index is 2190. The van der Waals surface area contributed by atoms with Crippen molar-refractivity contribution in [2.45, 2.75) is 0 Å². The van der Waals surface area contributed by atoms with Crippen LogP contribution in [-0.2, 0) is 0 Å². The van der Waals surface area contributed by atoms with E-state index in [4.69, 9.17) is 9.97 Å². The third-order valence-electron chi connectivity index (χ3n) is 7.97. The van der Waals surface area contributed by atoms with Crippen LogP contribution in [0, 0.1) is 0 Å². The van der Waals surface area contributed by atoms with Gasteiger partial charge in [-0.2, -0.15) is 0 Å². The molecule has 0 fully saturated rings. The molecule has 0 saturated heterocycles. The summed E-state index contributed by atoms with van der Waals surface area (Å²) in [4.78, 5) is 15.2. The lowest BCUT2D eigenvalue weighted by molar-refractivity contribution is 1.25. The summed E-state index contributed by atoms with van der Waals surface area (Å²) in [6, 6.07) is 58.9. The Morgan fingerprint density at radius 2 is 0.727 bits per heavy atom. The maximum absolute atomic E-state index is 5.31. The van der Waals surface area contributed by atoms with Crippen LogP contribution in [-0.4, -0.2) is 9.97 Å². The molecule has 0 saturated carbocycles. The van der Waals surface area contributed by atoms with E-state index >= 15 is 0 Å². The predicted octanol–water partition coefficient (Wildman–Crippen LogP) is 10.9. The lowest BCUT2D eigenvalue weighted by Crippen LogP contribution is -2.14. The standard InChI is InChI=1S/C40H28N4/c1-4-16-31(17-5-1)43(32-18-6-2-7-19-32)37-26-27-38(40-39(37)41-35-22-12-13-23-36(35)42-40)44(33-20-8-3-9-21-33)34-25-24-29-14-10-11-15-30(29)28-34/h1-28H. The van der Waals surface area contributed by atoms with Crippen LogP contribution in [0.15, 0.2) is 170 Å². The zero-order valence-electron chi connectivity index (χ0n) is 24.0. The fourth-order valence-corrected chi connectivity index (χ4v) is 5.94. The van der Waals surface area contributed by atoms with Crippen molar-refractivity contribution in [3.8, 4) is 0 Å². The number of aromatic nitrogens is 2. The third-order valence-corrected chi connectivity index (χ3v) is 7.97. The summed E-state index contributed by atoms with van der Waals surface area (Å²) in [5, 5.41) is 2.39. The molecule has 0 radical (unpaired) electrons. The van der Waals surface area contributed by atoms with Gasteiger partial charge in [-0.3, -0.25) is 0 Å². The number of nitrogens with zero attached hydrogens (tertiary/aromatic N) is 4. The van der Waals surface area contributed by atoms with Gasteiger partial charge < -0.3 is 9.80 Å². The number of fused-ring (bicyclic) bond motifs is 3. The summed E-state index contributed by atoms with van der Waals surface area (Å²) in [5.74, 6) is 0. The van der Waals surface area contributed by atoms with E-state index in [1.807, 2.05) is 42.5 Å². The first kappa shape index (κ1) is 25.7. The molecular weight excluding hydrogens is 536 g/mol. The van der Waals surface area contributed by atoms with Gasteiger partial charge in [0.15, 0.2) is 0 Å². The molecule has 0 aliphatic carbocycles. The van der Waals surface area contributed by atoms with Gasteiger partial charge in [-0.1, -0.05) is 97.1 Å². The van der Waals surface area contributed by atoms with Gasteiger partial charge in [-0.15, -0.1) is 0 Å². The molecule has 4 heteroatoms. The molecule has 1 aromatic heterocycles. The van der Waals surface area contributed by atoms with Crippen LogP contribution < -0.4 is 9.80 Å². The Kier molecular flexibility index (Phi) is 6.43. The molecule has 8 aromatic rings. The average molecular weight is 565 g/mol. The van der Waals surface area contributed by atoms with E-state index in [2.05, 4.69) is 137 Å². The van der Waals surface area contributed by atoms with Gasteiger partial charge in [-0.05, 0) is 83.6 Å². The lowest BCUT2D eigenvalue weighted by atomic mass is 10.1. The smallest absolute Gasteiger partial charge is 0.116 e. The zero-order valence-corrected chi connectivity index (χ0v) is 24.0. The molecule has 0 N–H and O–H groups in total. The van der Waals surface area contributed by atoms with E-state index in [0.717, 1.165) is 56.2 Å². The van der Waals surface area contributed by atoms with Gasteiger partial charge in [-0.25, -0.2) is 9.97 Å². The van der Waals surface area contributed by atoms with Crippen molar-refractivity contribution in [1.82, 2.24) is 9.97 Å². The molecule has 0 spiro atoms. The second-order valence-electron chi connectivity index (χ2n) is 10.7. The quantitative estimate of drug-likeness (QED) is 0.188. The van der Waals surface area contributed by atoms with Gasteiger partial charge in [0.05, 0.1) is 22.4 Å². The molecule has 0 unspecified atom stereocenters. The molecule has 0 aliphatic rings. The second-order valence-corrected chi connectivity index (χ2v) is 10.7. The highest BCUT2D eigenvalue weighted by atomic mass is 15.2. The van der Waals surface area contributed by atoms with Gasteiger partial charge in [0, 0.05) is 22.7 Å². The van der Waals surface area contributed by atoms with Crippen molar-refractivity contribution in [3.63, 3.8) is 0 Å². The summed E-state index contributed by atoms with van der Waals surface area (Å²) >= 11 is 0. The summed E-state index contributed by atoms with van der Waals surface area (Å²) in [6.45, 7) is 0. The van der Waals surface area contributed by atoms with E-state index in [-0.39, 0.29) is 0 Å². The van der Waals surface area contributed by atoms with E-state index in [1.165, 1.54) is 10.8 Å². The fourth-order valence-electron chi connectivity index (χ4n) is 5.94. The molecule has 4 nitrogen and oxygen atoms in total. The van der Waals surface area contributed by atoms with Crippen LogP contribution in [0.4, 0.5) is 34.1 Å². The monoisotopic (exact) mass is 564 g/mol. The maximum atomic E-state index is 5.31. The molecule has 7 aromatic carbocycles. The van der Waals surface area contributed by atoms with Crippen LogP contribution in [0.3, 0.4) is 0 Å². The molecule has 208 valence electrons. The summed E-state index contributed by atoms with van der Waals surface area (Å²) in [5.41, 5.74) is 9.51. The summed E-state index contributed by atoms with van der Waals surface area (Å²) in [7, 11) is 0. The van der Waals surface area contributed by atoms with Crippen molar-refractivity contribution >= 4 is 67.0 Å². The average Bonchev–Trinajstić information content (AvgIpc) is 3.10. The minimum atomic E-state index is 0.829. The van der Waals surface area contributed by atoms with Gasteiger partial charge in [0.1, 0.15) is 11.0 Å². The van der Waals surface area contributed by atoms with E-state index in [9.17, 15) is 0 Å². The Morgan fingerprint density at radius 3 is 1.23 bits per heavy atom. The first-order chi connectivity index (χ1) is 21.8. The number of hydrogen-bond donors (Lipinski definition) is 0. The second kappa shape index (κ2) is 11.0. The van der Waals surface area contributed by atoms with E-state index in [0.29, 0.717) is 0 Å². The van der Waals surface area contributed by atoms with Gasteiger partial charge in [0.2, 0.25) is 0 Å². The first-order valence-corrected chi connectivity index (χ1v) is 14.8. The zero-order chi connectivity index (χ0) is 29.3. The normalized spacial score (nSPS) is 11.2. The molecule has 0 aliphatic heterocycles.